The molecule has 0 radical (unpaired) electrons. The number of nitrogens with zero attached hydrogens (tertiary/aromatic N) is 2. The minimum atomic E-state index is -0.427. The van der Waals surface area contributed by atoms with E-state index in [4.69, 9.17) is 11.6 Å². The monoisotopic (exact) mass is 341 g/mol. The number of aliphatic hydroxyl groups excluding tert-OH is 1. The summed E-state index contributed by atoms with van der Waals surface area (Å²) in [5.74, 6) is 0. The lowest BCUT2D eigenvalue weighted by Crippen LogP contribution is -2.29. The quantitative estimate of drug-likeness (QED) is 0.720. The fourth-order valence-corrected chi connectivity index (χ4v) is 3.55. The molecule has 124 valence electrons. The van der Waals surface area contributed by atoms with Crippen molar-refractivity contribution >= 4 is 17.2 Å². The second-order valence-electron chi connectivity index (χ2n) is 6.56. The molecule has 1 saturated carbocycles. The third-order valence-electron chi connectivity index (χ3n) is 4.94. The number of imidazole rings is 1. The average Bonchev–Trinajstić information content (AvgIpc) is 3.34. The number of pyridine rings is 1. The minimum absolute atomic E-state index is 0.0612. The van der Waals surface area contributed by atoms with Gasteiger partial charge in [0.2, 0.25) is 0 Å². The molecule has 1 aliphatic rings. The molecule has 0 spiro atoms. The lowest BCUT2D eigenvalue weighted by atomic mass is 9.92. The molecule has 4 nitrogen and oxygen atoms in total. The third-order valence-corrected chi connectivity index (χ3v) is 5.24. The van der Waals surface area contributed by atoms with Gasteiger partial charge in [0.15, 0.2) is 5.15 Å². The highest BCUT2D eigenvalue weighted by Gasteiger charge is 2.48. The third kappa shape index (κ3) is 2.81. The molecule has 3 aromatic rings. The number of nitrogens with one attached hydrogen (secondary N) is 1. The van der Waals surface area contributed by atoms with E-state index in [0.29, 0.717) is 11.7 Å². The zero-order valence-corrected chi connectivity index (χ0v) is 14.1. The van der Waals surface area contributed by atoms with E-state index in [0.717, 1.165) is 36.3 Å². The largest absolute Gasteiger partial charge is 0.388 e. The van der Waals surface area contributed by atoms with Crippen LogP contribution < -0.4 is 5.32 Å². The predicted octanol–water partition coefficient (Wildman–Crippen LogP) is 3.59. The summed E-state index contributed by atoms with van der Waals surface area (Å²) in [6.07, 6.45) is 3.62. The fraction of sp³-hybridized carbons (Fsp3) is 0.316. The molecule has 1 aliphatic carbocycles. The van der Waals surface area contributed by atoms with E-state index in [1.807, 2.05) is 59.1 Å². The van der Waals surface area contributed by atoms with Gasteiger partial charge in [-0.15, -0.1) is 0 Å². The maximum atomic E-state index is 10.7. The number of halogens is 1. The number of benzene rings is 1. The van der Waals surface area contributed by atoms with Crippen molar-refractivity contribution in [2.24, 2.45) is 5.41 Å². The SMILES string of the molecule is OC(c1ccccc1)C1(CNCc2c(Cl)nc3ccccn23)CC1. The van der Waals surface area contributed by atoms with Crippen LogP contribution in [0, 0.1) is 5.41 Å². The highest BCUT2D eigenvalue weighted by Crippen LogP contribution is 2.54. The van der Waals surface area contributed by atoms with Crippen molar-refractivity contribution in [2.75, 3.05) is 6.54 Å². The Morgan fingerprint density at radius 3 is 2.67 bits per heavy atom. The first kappa shape index (κ1) is 15.6. The Hall–Kier alpha value is -1.88. The van der Waals surface area contributed by atoms with E-state index in [9.17, 15) is 5.11 Å². The van der Waals surface area contributed by atoms with Gasteiger partial charge in [0.05, 0.1) is 11.8 Å². The molecule has 0 bridgehead atoms. The predicted molar refractivity (Wildman–Crippen MR) is 95.0 cm³/mol. The Bertz CT molecular complexity index is 842. The van der Waals surface area contributed by atoms with E-state index in [1.54, 1.807) is 0 Å². The topological polar surface area (TPSA) is 49.6 Å². The first-order chi connectivity index (χ1) is 11.7. The van der Waals surface area contributed by atoms with Gasteiger partial charge in [0, 0.05) is 24.7 Å². The van der Waals surface area contributed by atoms with E-state index >= 15 is 0 Å². The molecule has 5 heteroatoms. The fourth-order valence-electron chi connectivity index (χ4n) is 3.30. The van der Waals surface area contributed by atoms with Crippen LogP contribution >= 0.6 is 11.6 Å². The summed E-state index contributed by atoms with van der Waals surface area (Å²) in [4.78, 5) is 4.37. The van der Waals surface area contributed by atoms with Crippen molar-refractivity contribution < 1.29 is 5.11 Å². The summed E-state index contributed by atoms with van der Waals surface area (Å²) in [6, 6.07) is 15.8. The Labute approximate surface area is 146 Å². The Kier molecular flexibility index (Phi) is 4.04. The standard InChI is InChI=1S/C19H20ClN3O/c20-18-15(23-11-5-4-8-16(23)22-18)12-21-13-19(9-10-19)17(24)14-6-2-1-3-7-14/h1-8,11,17,21,24H,9-10,12-13H2. The van der Waals surface area contributed by atoms with Crippen LogP contribution in [0.3, 0.4) is 0 Å². The lowest BCUT2D eigenvalue weighted by Gasteiger charge is -2.23. The Morgan fingerprint density at radius 2 is 1.92 bits per heavy atom. The molecule has 24 heavy (non-hydrogen) atoms. The normalized spacial score (nSPS) is 17.1. The number of aliphatic hydroxyl groups is 1. The molecule has 4 rings (SSSR count). The molecule has 1 aromatic carbocycles. The number of hydrogen-bond donors (Lipinski definition) is 2. The molecule has 2 heterocycles. The zero-order chi connectivity index (χ0) is 16.6. The number of fused-ring (bicyclic) bond motifs is 1. The molecule has 0 saturated heterocycles. The summed E-state index contributed by atoms with van der Waals surface area (Å²) in [5.41, 5.74) is 2.74. The van der Waals surface area contributed by atoms with Gasteiger partial charge in [-0.1, -0.05) is 48.0 Å². The maximum absolute atomic E-state index is 10.7. The molecule has 2 aromatic heterocycles. The zero-order valence-electron chi connectivity index (χ0n) is 13.3. The van der Waals surface area contributed by atoms with Crippen molar-refractivity contribution in [1.29, 1.82) is 0 Å². The van der Waals surface area contributed by atoms with Gasteiger partial charge in [-0.05, 0) is 30.5 Å². The summed E-state index contributed by atoms with van der Waals surface area (Å²) in [5, 5.41) is 14.7. The van der Waals surface area contributed by atoms with E-state index in [2.05, 4.69) is 10.3 Å². The van der Waals surface area contributed by atoms with Gasteiger partial charge in [0.1, 0.15) is 5.65 Å². The van der Waals surface area contributed by atoms with Gasteiger partial charge >= 0.3 is 0 Å². The Balaban J connectivity index is 1.44. The number of aromatic nitrogens is 2. The summed E-state index contributed by atoms with van der Waals surface area (Å²) < 4.78 is 2.00. The van der Waals surface area contributed by atoms with E-state index in [-0.39, 0.29) is 5.41 Å². The van der Waals surface area contributed by atoms with Gasteiger partial charge in [-0.25, -0.2) is 4.98 Å². The molecular formula is C19H20ClN3O. The second kappa shape index (κ2) is 6.20. The van der Waals surface area contributed by atoms with Crippen molar-refractivity contribution in [3.8, 4) is 0 Å². The van der Waals surface area contributed by atoms with Crippen LogP contribution in [0.1, 0.15) is 30.2 Å². The highest BCUT2D eigenvalue weighted by molar-refractivity contribution is 6.30. The van der Waals surface area contributed by atoms with E-state index in [1.165, 1.54) is 0 Å². The first-order valence-electron chi connectivity index (χ1n) is 8.25. The average molecular weight is 342 g/mol. The van der Waals surface area contributed by atoms with Crippen molar-refractivity contribution in [2.45, 2.75) is 25.5 Å². The summed E-state index contributed by atoms with van der Waals surface area (Å²) >= 11 is 6.27. The smallest absolute Gasteiger partial charge is 0.152 e. The van der Waals surface area contributed by atoms with Crippen LogP contribution in [0.15, 0.2) is 54.7 Å². The Morgan fingerprint density at radius 1 is 1.17 bits per heavy atom. The van der Waals surface area contributed by atoms with Crippen molar-refractivity contribution in [3.05, 3.63) is 71.1 Å². The second-order valence-corrected chi connectivity index (χ2v) is 6.92. The van der Waals surface area contributed by atoms with Gasteiger partial charge in [-0.2, -0.15) is 0 Å². The van der Waals surface area contributed by atoms with Crippen molar-refractivity contribution in [1.82, 2.24) is 14.7 Å². The van der Waals surface area contributed by atoms with Gasteiger partial charge in [0.25, 0.3) is 0 Å². The molecule has 1 fully saturated rings. The van der Waals surface area contributed by atoms with Gasteiger partial charge < -0.3 is 14.8 Å². The first-order valence-corrected chi connectivity index (χ1v) is 8.63. The van der Waals surface area contributed by atoms with Crippen LogP contribution in [0.25, 0.3) is 5.65 Å². The van der Waals surface area contributed by atoms with Gasteiger partial charge in [-0.3, -0.25) is 0 Å². The van der Waals surface area contributed by atoms with Crippen LogP contribution in [0.5, 0.6) is 0 Å². The molecule has 0 amide bonds. The molecule has 2 N–H and O–H groups in total. The van der Waals surface area contributed by atoms with Crippen LogP contribution in [-0.4, -0.2) is 21.0 Å². The summed E-state index contributed by atoms with van der Waals surface area (Å²) in [6.45, 7) is 1.40. The van der Waals surface area contributed by atoms with Crippen molar-refractivity contribution in [3.63, 3.8) is 0 Å². The van der Waals surface area contributed by atoms with E-state index < -0.39 is 6.10 Å². The molecular weight excluding hydrogens is 322 g/mol. The number of rotatable bonds is 6. The summed E-state index contributed by atoms with van der Waals surface area (Å²) in [7, 11) is 0. The highest BCUT2D eigenvalue weighted by atomic mass is 35.5. The molecule has 1 unspecified atom stereocenters. The van der Waals surface area contributed by atoms with Crippen LogP contribution in [-0.2, 0) is 6.54 Å². The van der Waals surface area contributed by atoms with Crippen LogP contribution in [0.2, 0.25) is 5.15 Å². The minimum Gasteiger partial charge on any atom is -0.388 e. The number of hydrogen-bond acceptors (Lipinski definition) is 3. The molecule has 0 aliphatic heterocycles. The maximum Gasteiger partial charge on any atom is 0.152 e. The molecule has 1 atom stereocenters. The lowest BCUT2D eigenvalue weighted by molar-refractivity contribution is 0.0916. The van der Waals surface area contributed by atoms with Crippen LogP contribution in [0.4, 0.5) is 0 Å².